The standard InChI is InChI=1S/C17H29NO/c1-14(2)8-5-9-15(3)10-6-11-16(4)12-7-13-17(18)19/h8,10,12H,5-7,9,11,13H2,1-4H3,(H2,18,19)/b15-10+,16-12+. The fraction of sp³-hybridized carbons (Fsp3) is 0.588. The highest BCUT2D eigenvalue weighted by atomic mass is 16.1. The Hall–Kier alpha value is -1.31. The monoisotopic (exact) mass is 263 g/mol. The van der Waals surface area contributed by atoms with Crippen LogP contribution in [0.5, 0.6) is 0 Å². The van der Waals surface area contributed by atoms with E-state index in [9.17, 15) is 4.79 Å². The van der Waals surface area contributed by atoms with E-state index < -0.39 is 0 Å². The largest absolute Gasteiger partial charge is 0.370 e. The van der Waals surface area contributed by atoms with Crippen molar-refractivity contribution in [1.82, 2.24) is 0 Å². The van der Waals surface area contributed by atoms with Crippen molar-refractivity contribution in [1.29, 1.82) is 0 Å². The van der Waals surface area contributed by atoms with Gasteiger partial charge >= 0.3 is 0 Å². The third-order valence-corrected chi connectivity index (χ3v) is 3.01. The molecule has 0 saturated carbocycles. The molecule has 2 nitrogen and oxygen atoms in total. The van der Waals surface area contributed by atoms with Crippen molar-refractivity contribution in [2.45, 2.75) is 66.2 Å². The minimum Gasteiger partial charge on any atom is -0.370 e. The topological polar surface area (TPSA) is 43.1 Å². The summed E-state index contributed by atoms with van der Waals surface area (Å²) in [6.45, 7) is 8.59. The number of carbonyl (C=O) groups is 1. The summed E-state index contributed by atoms with van der Waals surface area (Å²) in [6, 6.07) is 0. The van der Waals surface area contributed by atoms with Crippen molar-refractivity contribution in [2.24, 2.45) is 5.73 Å². The first kappa shape index (κ1) is 17.7. The molecule has 1 amide bonds. The minimum atomic E-state index is -0.223. The van der Waals surface area contributed by atoms with E-state index in [4.69, 9.17) is 5.73 Å². The van der Waals surface area contributed by atoms with Gasteiger partial charge in [0.25, 0.3) is 0 Å². The number of hydrogen-bond donors (Lipinski definition) is 1. The van der Waals surface area contributed by atoms with E-state index in [0.717, 1.165) is 32.1 Å². The Kier molecular flexibility index (Phi) is 9.87. The van der Waals surface area contributed by atoms with Crippen LogP contribution in [0.25, 0.3) is 0 Å². The third-order valence-electron chi connectivity index (χ3n) is 3.01. The molecule has 0 atom stereocenters. The van der Waals surface area contributed by atoms with E-state index in [1.165, 1.54) is 16.7 Å². The highest BCUT2D eigenvalue weighted by Crippen LogP contribution is 2.12. The van der Waals surface area contributed by atoms with Crippen LogP contribution < -0.4 is 5.73 Å². The quantitative estimate of drug-likeness (QED) is 0.603. The van der Waals surface area contributed by atoms with Crippen LogP contribution in [0.15, 0.2) is 34.9 Å². The van der Waals surface area contributed by atoms with Gasteiger partial charge < -0.3 is 5.73 Å². The fourth-order valence-electron chi connectivity index (χ4n) is 1.80. The van der Waals surface area contributed by atoms with E-state index in [1.807, 2.05) is 0 Å². The molecule has 19 heavy (non-hydrogen) atoms. The van der Waals surface area contributed by atoms with Crippen LogP contribution in [0.2, 0.25) is 0 Å². The van der Waals surface area contributed by atoms with E-state index >= 15 is 0 Å². The zero-order valence-corrected chi connectivity index (χ0v) is 13.0. The molecule has 2 N–H and O–H groups in total. The highest BCUT2D eigenvalue weighted by Gasteiger charge is 1.94. The number of nitrogens with two attached hydrogens (primary N) is 1. The Bertz CT molecular complexity index is 357. The zero-order valence-electron chi connectivity index (χ0n) is 13.0. The lowest BCUT2D eigenvalue weighted by atomic mass is 10.1. The van der Waals surface area contributed by atoms with Crippen molar-refractivity contribution in [3.05, 3.63) is 34.9 Å². The number of carbonyl (C=O) groups excluding carboxylic acids is 1. The van der Waals surface area contributed by atoms with Gasteiger partial charge in [-0.1, -0.05) is 34.9 Å². The molecule has 0 rings (SSSR count). The summed E-state index contributed by atoms with van der Waals surface area (Å²) in [5.41, 5.74) is 9.30. The van der Waals surface area contributed by atoms with Crippen LogP contribution in [0.4, 0.5) is 0 Å². The molecule has 2 heteroatoms. The Morgan fingerprint density at radius 3 is 1.63 bits per heavy atom. The van der Waals surface area contributed by atoms with E-state index in [-0.39, 0.29) is 5.91 Å². The van der Waals surface area contributed by atoms with Gasteiger partial charge in [-0.15, -0.1) is 0 Å². The molecule has 0 spiro atoms. The van der Waals surface area contributed by atoms with Gasteiger partial charge in [0.1, 0.15) is 0 Å². The predicted molar refractivity (Wildman–Crippen MR) is 83.8 cm³/mol. The first-order valence-corrected chi connectivity index (χ1v) is 7.14. The normalized spacial score (nSPS) is 12.4. The number of amides is 1. The number of rotatable bonds is 9. The molecular weight excluding hydrogens is 234 g/mol. The molecule has 0 aliphatic heterocycles. The van der Waals surface area contributed by atoms with Crippen LogP contribution >= 0.6 is 0 Å². The Labute approximate surface area is 118 Å². The second-order valence-corrected chi connectivity index (χ2v) is 5.46. The molecule has 0 aromatic rings. The van der Waals surface area contributed by atoms with E-state index in [1.54, 1.807) is 0 Å². The van der Waals surface area contributed by atoms with Crippen molar-refractivity contribution < 1.29 is 4.79 Å². The van der Waals surface area contributed by atoms with Crippen molar-refractivity contribution >= 4 is 5.91 Å². The van der Waals surface area contributed by atoms with Gasteiger partial charge in [0.05, 0.1) is 0 Å². The summed E-state index contributed by atoms with van der Waals surface area (Å²) in [4.78, 5) is 10.6. The summed E-state index contributed by atoms with van der Waals surface area (Å²) in [7, 11) is 0. The predicted octanol–water partition coefficient (Wildman–Crippen LogP) is 4.67. The maximum atomic E-state index is 10.6. The summed E-state index contributed by atoms with van der Waals surface area (Å²) >= 11 is 0. The van der Waals surface area contributed by atoms with Crippen molar-refractivity contribution in [2.75, 3.05) is 0 Å². The van der Waals surface area contributed by atoms with Crippen molar-refractivity contribution in [3.63, 3.8) is 0 Å². The number of allylic oxidation sites excluding steroid dienone is 6. The van der Waals surface area contributed by atoms with Gasteiger partial charge in [-0.2, -0.15) is 0 Å². The second-order valence-electron chi connectivity index (χ2n) is 5.46. The van der Waals surface area contributed by atoms with Gasteiger partial charge in [0, 0.05) is 6.42 Å². The fourth-order valence-corrected chi connectivity index (χ4v) is 1.80. The lowest BCUT2D eigenvalue weighted by Crippen LogP contribution is -2.08. The smallest absolute Gasteiger partial charge is 0.217 e. The number of hydrogen-bond acceptors (Lipinski definition) is 1. The molecule has 0 unspecified atom stereocenters. The summed E-state index contributed by atoms with van der Waals surface area (Å²) < 4.78 is 0. The maximum absolute atomic E-state index is 10.6. The zero-order chi connectivity index (χ0) is 14.7. The summed E-state index contributed by atoms with van der Waals surface area (Å²) in [5, 5.41) is 0. The molecular formula is C17H29NO. The average Bonchev–Trinajstić information content (AvgIpc) is 2.27. The molecule has 0 aromatic carbocycles. The molecule has 0 heterocycles. The molecule has 0 aromatic heterocycles. The third kappa shape index (κ3) is 12.9. The Morgan fingerprint density at radius 1 is 0.789 bits per heavy atom. The first-order valence-electron chi connectivity index (χ1n) is 7.14. The summed E-state index contributed by atoms with van der Waals surface area (Å²) in [6.07, 6.45) is 12.4. The molecule has 0 fully saturated rings. The summed E-state index contributed by atoms with van der Waals surface area (Å²) in [5.74, 6) is -0.223. The lowest BCUT2D eigenvalue weighted by molar-refractivity contribution is -0.117. The average molecular weight is 263 g/mol. The van der Waals surface area contributed by atoms with Crippen molar-refractivity contribution in [3.8, 4) is 0 Å². The van der Waals surface area contributed by atoms with E-state index in [0.29, 0.717) is 6.42 Å². The molecule has 0 aliphatic carbocycles. The van der Waals surface area contributed by atoms with Gasteiger partial charge in [0.2, 0.25) is 5.91 Å². The minimum absolute atomic E-state index is 0.223. The Balaban J connectivity index is 3.86. The molecule has 0 bridgehead atoms. The highest BCUT2D eigenvalue weighted by molar-refractivity contribution is 5.73. The SMILES string of the molecule is CC(C)=CCC/C(C)=C/CC/C(C)=C/CCC(N)=O. The van der Waals surface area contributed by atoms with Gasteiger partial charge in [-0.25, -0.2) is 0 Å². The van der Waals surface area contributed by atoms with Gasteiger partial charge in [-0.05, 0) is 59.8 Å². The first-order chi connectivity index (χ1) is 8.91. The second kappa shape index (κ2) is 10.6. The molecule has 108 valence electrons. The van der Waals surface area contributed by atoms with E-state index in [2.05, 4.69) is 45.9 Å². The lowest BCUT2D eigenvalue weighted by Gasteiger charge is -2.01. The molecule has 0 saturated heterocycles. The van der Waals surface area contributed by atoms with Crippen LogP contribution in [0.1, 0.15) is 66.2 Å². The maximum Gasteiger partial charge on any atom is 0.217 e. The van der Waals surface area contributed by atoms with Gasteiger partial charge in [0.15, 0.2) is 0 Å². The van der Waals surface area contributed by atoms with Crippen LogP contribution in [-0.4, -0.2) is 5.91 Å². The number of primary amides is 1. The van der Waals surface area contributed by atoms with Crippen LogP contribution in [0.3, 0.4) is 0 Å². The van der Waals surface area contributed by atoms with Gasteiger partial charge in [-0.3, -0.25) is 4.79 Å². The van der Waals surface area contributed by atoms with Crippen LogP contribution in [0, 0.1) is 0 Å². The molecule has 0 radical (unpaired) electrons. The van der Waals surface area contributed by atoms with Crippen LogP contribution in [-0.2, 0) is 4.79 Å². The molecule has 0 aliphatic rings. The Morgan fingerprint density at radius 2 is 1.21 bits per heavy atom.